The number of aliphatic hydroxyl groups excluding tert-OH is 1. The molecule has 0 bridgehead atoms. The fraction of sp³-hybridized carbons (Fsp3) is 1.00. The zero-order valence-electron chi connectivity index (χ0n) is 12.7. The summed E-state index contributed by atoms with van der Waals surface area (Å²) in [6.45, 7) is 7.03. The van der Waals surface area contributed by atoms with Crippen LogP contribution in [0.4, 0.5) is 0 Å². The third-order valence-electron chi connectivity index (χ3n) is 4.93. The van der Waals surface area contributed by atoms with Gasteiger partial charge < -0.3 is 5.11 Å². The number of nitrogens with zero attached hydrogens (tertiary/aromatic N) is 2. The lowest BCUT2D eigenvalue weighted by Gasteiger charge is -2.38. The second-order valence-electron chi connectivity index (χ2n) is 6.51. The van der Waals surface area contributed by atoms with E-state index in [9.17, 15) is 8.42 Å². The third-order valence-corrected chi connectivity index (χ3v) is 6.96. The highest BCUT2D eigenvalue weighted by molar-refractivity contribution is 7.86. The lowest BCUT2D eigenvalue weighted by molar-refractivity contribution is 0.161. The third kappa shape index (κ3) is 3.53. The maximum atomic E-state index is 12.6. The van der Waals surface area contributed by atoms with Crippen molar-refractivity contribution in [2.45, 2.75) is 39.5 Å². The minimum Gasteiger partial charge on any atom is -0.396 e. The quantitative estimate of drug-likeness (QED) is 0.852. The van der Waals surface area contributed by atoms with E-state index >= 15 is 0 Å². The molecular weight excluding hydrogens is 276 g/mol. The van der Waals surface area contributed by atoms with Gasteiger partial charge in [-0.25, -0.2) is 0 Å². The molecule has 2 rings (SSSR count). The van der Waals surface area contributed by atoms with E-state index in [0.29, 0.717) is 38.0 Å². The molecule has 0 unspecified atom stereocenters. The first-order valence-corrected chi connectivity index (χ1v) is 9.21. The van der Waals surface area contributed by atoms with Gasteiger partial charge in [-0.05, 0) is 43.4 Å². The molecule has 20 heavy (non-hydrogen) atoms. The van der Waals surface area contributed by atoms with Crippen LogP contribution in [0.15, 0.2) is 0 Å². The number of hydrogen-bond acceptors (Lipinski definition) is 3. The predicted molar refractivity (Wildman–Crippen MR) is 79.4 cm³/mol. The standard InChI is InChI=1S/C14H28N2O3S/c1-12(2)14-5-9-16(10-6-14)20(18,19)15-7-3-13(11-17)4-8-15/h12-14,17H,3-11H2,1-2H3. The van der Waals surface area contributed by atoms with Crippen molar-refractivity contribution in [3.05, 3.63) is 0 Å². The van der Waals surface area contributed by atoms with E-state index in [2.05, 4.69) is 13.8 Å². The molecule has 1 N–H and O–H groups in total. The summed E-state index contributed by atoms with van der Waals surface area (Å²) in [5.74, 6) is 1.56. The highest BCUT2D eigenvalue weighted by Gasteiger charge is 2.35. The average Bonchev–Trinajstić information content (AvgIpc) is 2.47. The van der Waals surface area contributed by atoms with E-state index in [1.807, 2.05) is 0 Å². The molecule has 0 atom stereocenters. The number of hydrogen-bond donors (Lipinski definition) is 1. The highest BCUT2D eigenvalue weighted by atomic mass is 32.2. The smallest absolute Gasteiger partial charge is 0.281 e. The van der Waals surface area contributed by atoms with Gasteiger partial charge >= 0.3 is 0 Å². The zero-order valence-corrected chi connectivity index (χ0v) is 13.5. The first kappa shape index (κ1) is 16.2. The summed E-state index contributed by atoms with van der Waals surface area (Å²) >= 11 is 0. The summed E-state index contributed by atoms with van der Waals surface area (Å²) in [5.41, 5.74) is 0. The Labute approximate surface area is 123 Å². The Morgan fingerprint density at radius 2 is 1.45 bits per heavy atom. The monoisotopic (exact) mass is 304 g/mol. The second kappa shape index (κ2) is 6.73. The molecule has 0 spiro atoms. The van der Waals surface area contributed by atoms with Crippen LogP contribution in [0.25, 0.3) is 0 Å². The summed E-state index contributed by atoms with van der Waals surface area (Å²) in [4.78, 5) is 0. The van der Waals surface area contributed by atoms with Crippen LogP contribution in [-0.4, -0.2) is 54.9 Å². The normalized spacial score (nSPS) is 25.4. The molecule has 0 amide bonds. The van der Waals surface area contributed by atoms with Gasteiger partial charge in [-0.15, -0.1) is 0 Å². The zero-order chi connectivity index (χ0) is 14.8. The van der Waals surface area contributed by atoms with Crippen LogP contribution in [0, 0.1) is 17.8 Å². The molecule has 0 saturated carbocycles. The molecule has 0 aromatic carbocycles. The van der Waals surface area contributed by atoms with Crippen LogP contribution in [0.2, 0.25) is 0 Å². The molecular formula is C14H28N2O3S. The number of aliphatic hydroxyl groups is 1. The van der Waals surface area contributed by atoms with Gasteiger partial charge in [0.05, 0.1) is 0 Å². The molecule has 2 aliphatic rings. The van der Waals surface area contributed by atoms with Crippen molar-refractivity contribution in [3.8, 4) is 0 Å². The lowest BCUT2D eigenvalue weighted by Crippen LogP contribution is -2.50. The molecule has 2 fully saturated rings. The average molecular weight is 304 g/mol. The fourth-order valence-electron chi connectivity index (χ4n) is 3.26. The second-order valence-corrected chi connectivity index (χ2v) is 8.44. The Bertz CT molecular complexity index is 395. The maximum Gasteiger partial charge on any atom is 0.281 e. The van der Waals surface area contributed by atoms with Gasteiger partial charge in [0.25, 0.3) is 10.2 Å². The van der Waals surface area contributed by atoms with Gasteiger partial charge in [-0.1, -0.05) is 13.8 Å². The first-order chi connectivity index (χ1) is 9.45. The summed E-state index contributed by atoms with van der Waals surface area (Å²) < 4.78 is 28.5. The topological polar surface area (TPSA) is 60.9 Å². The summed E-state index contributed by atoms with van der Waals surface area (Å²) in [6.07, 6.45) is 3.50. The Hall–Kier alpha value is -0.170. The van der Waals surface area contributed by atoms with Crippen molar-refractivity contribution in [1.82, 2.24) is 8.61 Å². The van der Waals surface area contributed by atoms with E-state index in [-0.39, 0.29) is 12.5 Å². The maximum absolute atomic E-state index is 12.6. The van der Waals surface area contributed by atoms with Gasteiger partial charge in [0, 0.05) is 32.8 Å². The molecule has 5 nitrogen and oxygen atoms in total. The Balaban J connectivity index is 1.91. The largest absolute Gasteiger partial charge is 0.396 e. The van der Waals surface area contributed by atoms with Crippen molar-refractivity contribution < 1.29 is 13.5 Å². The van der Waals surface area contributed by atoms with Gasteiger partial charge in [0.1, 0.15) is 0 Å². The summed E-state index contributed by atoms with van der Waals surface area (Å²) in [7, 11) is -3.28. The summed E-state index contributed by atoms with van der Waals surface area (Å²) in [6, 6.07) is 0. The Morgan fingerprint density at radius 3 is 1.85 bits per heavy atom. The molecule has 6 heteroatoms. The number of piperidine rings is 2. The van der Waals surface area contributed by atoms with Crippen LogP contribution in [0.3, 0.4) is 0 Å². The van der Waals surface area contributed by atoms with Crippen molar-refractivity contribution in [2.24, 2.45) is 17.8 Å². The fourth-order valence-corrected chi connectivity index (χ4v) is 4.93. The van der Waals surface area contributed by atoms with Crippen molar-refractivity contribution in [2.75, 3.05) is 32.8 Å². The van der Waals surface area contributed by atoms with E-state index in [0.717, 1.165) is 25.7 Å². The van der Waals surface area contributed by atoms with E-state index < -0.39 is 10.2 Å². The molecule has 2 heterocycles. The SMILES string of the molecule is CC(C)C1CCN(S(=O)(=O)N2CCC(CO)CC2)CC1. The summed E-state index contributed by atoms with van der Waals surface area (Å²) in [5, 5.41) is 9.13. The molecule has 0 radical (unpaired) electrons. The highest BCUT2D eigenvalue weighted by Crippen LogP contribution is 2.28. The first-order valence-electron chi connectivity index (χ1n) is 7.81. The van der Waals surface area contributed by atoms with Gasteiger partial charge in [-0.3, -0.25) is 0 Å². The van der Waals surface area contributed by atoms with Gasteiger partial charge in [-0.2, -0.15) is 17.0 Å². The van der Waals surface area contributed by atoms with E-state index in [1.54, 1.807) is 8.61 Å². The van der Waals surface area contributed by atoms with Crippen LogP contribution < -0.4 is 0 Å². The van der Waals surface area contributed by atoms with E-state index in [1.165, 1.54) is 0 Å². The van der Waals surface area contributed by atoms with Crippen molar-refractivity contribution >= 4 is 10.2 Å². The van der Waals surface area contributed by atoms with Gasteiger partial charge in [0.15, 0.2) is 0 Å². The molecule has 118 valence electrons. The minimum atomic E-state index is -3.28. The molecule has 2 saturated heterocycles. The Morgan fingerprint density at radius 1 is 1.00 bits per heavy atom. The molecule has 0 aliphatic carbocycles. The molecule has 0 aromatic rings. The van der Waals surface area contributed by atoms with E-state index in [4.69, 9.17) is 5.11 Å². The molecule has 0 aromatic heterocycles. The van der Waals surface area contributed by atoms with Crippen LogP contribution >= 0.6 is 0 Å². The Kier molecular flexibility index (Phi) is 5.45. The van der Waals surface area contributed by atoms with Crippen LogP contribution in [-0.2, 0) is 10.2 Å². The van der Waals surface area contributed by atoms with Crippen molar-refractivity contribution in [3.63, 3.8) is 0 Å². The van der Waals surface area contributed by atoms with Crippen LogP contribution in [0.1, 0.15) is 39.5 Å². The minimum absolute atomic E-state index is 0.174. The van der Waals surface area contributed by atoms with Crippen LogP contribution in [0.5, 0.6) is 0 Å². The predicted octanol–water partition coefficient (Wildman–Crippen LogP) is 1.30. The lowest BCUT2D eigenvalue weighted by atomic mass is 9.87. The van der Waals surface area contributed by atoms with Crippen molar-refractivity contribution in [1.29, 1.82) is 0 Å². The number of rotatable bonds is 4. The molecule has 2 aliphatic heterocycles. The van der Waals surface area contributed by atoms with Gasteiger partial charge in [0.2, 0.25) is 0 Å².